The number of ketones is 1. The van der Waals surface area contributed by atoms with Gasteiger partial charge in [-0.2, -0.15) is 0 Å². The van der Waals surface area contributed by atoms with Crippen LogP contribution in [0.25, 0.3) is 44.3 Å². The van der Waals surface area contributed by atoms with Gasteiger partial charge in [-0.3, -0.25) is 14.6 Å². The van der Waals surface area contributed by atoms with Crippen molar-refractivity contribution in [2.45, 2.75) is 13.8 Å². The number of aromatic nitrogens is 3. The Balaban J connectivity index is 1.84. The topological polar surface area (TPSA) is 75.7 Å². The molecule has 0 unspecified atom stereocenters. The third kappa shape index (κ3) is 3.70. The van der Waals surface area contributed by atoms with E-state index < -0.39 is 0 Å². The van der Waals surface area contributed by atoms with Crippen molar-refractivity contribution in [1.82, 2.24) is 15.0 Å². The molecule has 5 rings (SSSR count). The average molecular weight is 454 g/mol. The predicted octanol–water partition coefficient (Wildman–Crippen LogP) is 6.30. The van der Waals surface area contributed by atoms with E-state index in [0.29, 0.717) is 27.3 Å². The molecule has 0 saturated heterocycles. The number of nitrogens with one attached hydrogen (secondary N) is 1. The number of H-pyrrole nitrogens is 1. The van der Waals surface area contributed by atoms with Crippen molar-refractivity contribution >= 4 is 39.3 Å². The van der Waals surface area contributed by atoms with Gasteiger partial charge in [-0.05, 0) is 29.8 Å². The molecule has 3 aromatic heterocycles. The van der Waals surface area contributed by atoms with Crippen LogP contribution in [-0.2, 0) is 0 Å². The number of hydrogen-bond acceptors (Lipinski definition) is 4. The fourth-order valence-electron chi connectivity index (χ4n) is 3.98. The lowest BCUT2D eigenvalue weighted by Crippen LogP contribution is -2.20. The quantitative estimate of drug-likeness (QED) is 0.324. The standard InChI is InChI=1S/C27H20ClN3O2/c1-15(2)25(32)21-14-30-27-20(26(21)33)13-19(23(31-27)16-7-4-3-5-8-16)18-11-17-9-6-10-29-24(17)22(28)12-18/h3-15H,1-2H3,(H,30,31,33). The van der Waals surface area contributed by atoms with E-state index >= 15 is 0 Å². The van der Waals surface area contributed by atoms with Crippen LogP contribution in [-0.4, -0.2) is 20.7 Å². The fraction of sp³-hybridized carbons (Fsp3) is 0.111. The second kappa shape index (κ2) is 8.26. The maximum absolute atomic E-state index is 13.3. The lowest BCUT2D eigenvalue weighted by molar-refractivity contribution is 0.0938. The summed E-state index contributed by atoms with van der Waals surface area (Å²) < 4.78 is 0. The molecule has 0 aliphatic rings. The van der Waals surface area contributed by atoms with Crippen LogP contribution in [0.2, 0.25) is 5.02 Å². The van der Waals surface area contributed by atoms with Gasteiger partial charge < -0.3 is 4.98 Å². The Labute approximate surface area is 195 Å². The van der Waals surface area contributed by atoms with E-state index in [1.807, 2.05) is 54.6 Å². The normalized spacial score (nSPS) is 11.4. The van der Waals surface area contributed by atoms with Crippen molar-refractivity contribution in [3.05, 3.63) is 93.9 Å². The summed E-state index contributed by atoms with van der Waals surface area (Å²) in [5.74, 6) is -0.488. The van der Waals surface area contributed by atoms with Gasteiger partial charge in [-0.25, -0.2) is 4.98 Å². The van der Waals surface area contributed by atoms with Gasteiger partial charge in [0, 0.05) is 34.8 Å². The molecule has 162 valence electrons. The zero-order valence-corrected chi connectivity index (χ0v) is 18.9. The minimum atomic E-state index is -0.329. The Morgan fingerprint density at radius 2 is 1.79 bits per heavy atom. The van der Waals surface area contributed by atoms with Gasteiger partial charge in [0.15, 0.2) is 5.78 Å². The van der Waals surface area contributed by atoms with Gasteiger partial charge in [0.05, 0.1) is 27.2 Å². The first kappa shape index (κ1) is 21.0. The van der Waals surface area contributed by atoms with Crippen LogP contribution in [0.3, 0.4) is 0 Å². The largest absolute Gasteiger partial charge is 0.345 e. The highest BCUT2D eigenvalue weighted by Crippen LogP contribution is 2.36. The van der Waals surface area contributed by atoms with Gasteiger partial charge in [0.1, 0.15) is 5.65 Å². The summed E-state index contributed by atoms with van der Waals surface area (Å²) in [4.78, 5) is 38.1. The smallest absolute Gasteiger partial charge is 0.201 e. The van der Waals surface area contributed by atoms with Crippen LogP contribution in [0.5, 0.6) is 0 Å². The summed E-state index contributed by atoms with van der Waals surface area (Å²) in [5, 5.41) is 1.76. The maximum Gasteiger partial charge on any atom is 0.201 e. The number of fused-ring (bicyclic) bond motifs is 2. The van der Waals surface area contributed by atoms with Gasteiger partial charge in [0.25, 0.3) is 0 Å². The first-order valence-corrected chi connectivity index (χ1v) is 11.0. The molecule has 5 aromatic rings. The first-order chi connectivity index (χ1) is 15.9. The van der Waals surface area contributed by atoms with E-state index in [4.69, 9.17) is 16.6 Å². The Bertz CT molecular complexity index is 1590. The number of rotatable bonds is 4. The molecule has 5 nitrogen and oxygen atoms in total. The van der Waals surface area contributed by atoms with Gasteiger partial charge in [-0.15, -0.1) is 0 Å². The summed E-state index contributed by atoms with van der Waals surface area (Å²) in [7, 11) is 0. The molecule has 33 heavy (non-hydrogen) atoms. The second-order valence-corrected chi connectivity index (χ2v) is 8.64. The molecule has 3 heterocycles. The summed E-state index contributed by atoms with van der Waals surface area (Å²) >= 11 is 6.57. The zero-order chi connectivity index (χ0) is 23.1. The van der Waals surface area contributed by atoms with Crippen molar-refractivity contribution in [2.24, 2.45) is 5.92 Å². The number of hydrogen-bond donors (Lipinski definition) is 1. The summed E-state index contributed by atoms with van der Waals surface area (Å²) in [6.45, 7) is 3.55. The Morgan fingerprint density at radius 1 is 1.00 bits per heavy atom. The number of nitrogens with zero attached hydrogens (tertiary/aromatic N) is 2. The highest BCUT2D eigenvalue weighted by Gasteiger charge is 2.19. The Hall–Kier alpha value is -3.83. The molecule has 0 aliphatic carbocycles. The minimum Gasteiger partial charge on any atom is -0.345 e. The third-order valence-corrected chi connectivity index (χ3v) is 5.96. The molecular weight excluding hydrogens is 434 g/mol. The first-order valence-electron chi connectivity index (χ1n) is 10.6. The molecule has 0 saturated carbocycles. The molecule has 0 fully saturated rings. The molecule has 2 aromatic carbocycles. The minimum absolute atomic E-state index is 0.137. The average Bonchev–Trinajstić information content (AvgIpc) is 2.84. The van der Waals surface area contributed by atoms with E-state index in [9.17, 15) is 9.59 Å². The predicted molar refractivity (Wildman–Crippen MR) is 133 cm³/mol. The molecular formula is C27H20ClN3O2. The number of halogens is 1. The molecule has 0 radical (unpaired) electrons. The van der Waals surface area contributed by atoms with E-state index in [0.717, 1.165) is 22.1 Å². The van der Waals surface area contributed by atoms with E-state index in [-0.39, 0.29) is 22.7 Å². The van der Waals surface area contributed by atoms with Gasteiger partial charge in [-0.1, -0.05) is 61.8 Å². The molecule has 0 aliphatic heterocycles. The number of aromatic amines is 1. The highest BCUT2D eigenvalue weighted by molar-refractivity contribution is 6.35. The Morgan fingerprint density at radius 3 is 2.55 bits per heavy atom. The summed E-state index contributed by atoms with van der Waals surface area (Å²) in [5.41, 5.74) is 4.12. The summed E-state index contributed by atoms with van der Waals surface area (Å²) in [6.07, 6.45) is 3.17. The lowest BCUT2D eigenvalue weighted by atomic mass is 9.95. The molecule has 0 atom stereocenters. The second-order valence-electron chi connectivity index (χ2n) is 8.23. The van der Waals surface area contributed by atoms with Crippen molar-refractivity contribution in [3.8, 4) is 22.4 Å². The molecule has 1 N–H and O–H groups in total. The molecule has 0 amide bonds. The van der Waals surface area contributed by atoms with E-state index in [1.54, 1.807) is 26.1 Å². The van der Waals surface area contributed by atoms with E-state index in [2.05, 4.69) is 9.97 Å². The number of carbonyl (C=O) groups excluding carboxylic acids is 1. The van der Waals surface area contributed by atoms with Crippen molar-refractivity contribution in [3.63, 3.8) is 0 Å². The van der Waals surface area contributed by atoms with Gasteiger partial charge in [0.2, 0.25) is 5.43 Å². The third-order valence-electron chi connectivity index (χ3n) is 5.67. The number of carbonyl (C=O) groups is 1. The number of pyridine rings is 3. The zero-order valence-electron chi connectivity index (χ0n) is 18.1. The summed E-state index contributed by atoms with van der Waals surface area (Å²) in [6, 6.07) is 19.2. The number of Topliss-reactive ketones (excluding diaryl/α,β-unsaturated/α-hetero) is 1. The molecule has 0 spiro atoms. The van der Waals surface area contributed by atoms with Gasteiger partial charge >= 0.3 is 0 Å². The molecule has 0 bridgehead atoms. The van der Waals surface area contributed by atoms with Crippen molar-refractivity contribution < 1.29 is 4.79 Å². The maximum atomic E-state index is 13.3. The van der Waals surface area contributed by atoms with Crippen LogP contribution < -0.4 is 5.43 Å². The van der Waals surface area contributed by atoms with Crippen LogP contribution >= 0.6 is 11.6 Å². The Kier molecular flexibility index (Phi) is 5.27. The van der Waals surface area contributed by atoms with Crippen LogP contribution in [0, 0.1) is 5.92 Å². The van der Waals surface area contributed by atoms with Crippen molar-refractivity contribution in [2.75, 3.05) is 0 Å². The monoisotopic (exact) mass is 453 g/mol. The van der Waals surface area contributed by atoms with E-state index in [1.165, 1.54) is 6.20 Å². The SMILES string of the molecule is CC(C)C(=O)c1c[nH]c2nc(-c3ccccc3)c(-c3cc(Cl)c4ncccc4c3)cc2c1=O. The van der Waals surface area contributed by atoms with Crippen LogP contribution in [0.4, 0.5) is 0 Å². The molecule has 6 heteroatoms. The van der Waals surface area contributed by atoms with Crippen molar-refractivity contribution in [1.29, 1.82) is 0 Å². The number of benzene rings is 2. The lowest BCUT2D eigenvalue weighted by Gasteiger charge is -2.13. The highest BCUT2D eigenvalue weighted by atomic mass is 35.5. The van der Waals surface area contributed by atoms with Crippen LogP contribution in [0.15, 0.2) is 77.9 Å². The fourth-order valence-corrected chi connectivity index (χ4v) is 4.26. The van der Waals surface area contributed by atoms with Crippen LogP contribution in [0.1, 0.15) is 24.2 Å².